The highest BCUT2D eigenvalue weighted by molar-refractivity contribution is 7.89. The molecule has 10 heteroatoms. The molecule has 2 N–H and O–H groups in total. The molecular weight excluding hydrogens is 435 g/mol. The average molecular weight is 463 g/mol. The smallest absolute Gasteiger partial charge is 0.243 e. The zero-order valence-electron chi connectivity index (χ0n) is 18.0. The van der Waals surface area contributed by atoms with Gasteiger partial charge >= 0.3 is 0 Å². The number of hydrogen-bond acceptors (Lipinski definition) is 5. The topological polar surface area (TPSA) is 98.8 Å². The number of amides is 2. The third kappa shape index (κ3) is 6.04. The van der Waals surface area contributed by atoms with Crippen LogP contribution < -0.4 is 15.5 Å². The first-order valence-electron chi connectivity index (χ1n) is 10.3. The molecule has 0 aromatic heterocycles. The van der Waals surface area contributed by atoms with Gasteiger partial charge in [-0.15, -0.1) is 0 Å². The molecule has 1 atom stereocenters. The quantitative estimate of drug-likeness (QED) is 0.626. The molecule has 1 fully saturated rings. The molecule has 2 aromatic rings. The van der Waals surface area contributed by atoms with Crippen LogP contribution in [0.15, 0.2) is 53.4 Å². The van der Waals surface area contributed by atoms with Crippen LogP contribution in [-0.2, 0) is 19.6 Å². The van der Waals surface area contributed by atoms with Crippen LogP contribution in [-0.4, -0.2) is 57.8 Å². The largest absolute Gasteiger partial charge is 0.371 e. The minimum atomic E-state index is -3.84. The van der Waals surface area contributed by atoms with Gasteiger partial charge in [0.1, 0.15) is 5.82 Å². The standard InChI is InChI=1S/C22H27FN4O4S/c1-16(28)25-19-5-9-21(10-6-19)32(30,31)26(2)15-22(29)24-13-17-11-12-27(14-17)20-7-3-18(23)4-8-20/h3-10,17H,11-15H2,1-2H3,(H,24,29)(H,25,28). The molecule has 1 heterocycles. The van der Waals surface area contributed by atoms with Crippen LogP contribution in [0.5, 0.6) is 0 Å². The first-order chi connectivity index (χ1) is 15.1. The molecule has 0 saturated carbocycles. The zero-order valence-corrected chi connectivity index (χ0v) is 18.9. The highest BCUT2D eigenvalue weighted by atomic mass is 32.2. The molecule has 0 spiro atoms. The summed E-state index contributed by atoms with van der Waals surface area (Å²) in [5, 5.41) is 5.38. The number of carbonyl (C=O) groups excluding carboxylic acids is 2. The molecule has 2 aromatic carbocycles. The predicted molar refractivity (Wildman–Crippen MR) is 120 cm³/mol. The second-order valence-corrected chi connectivity index (χ2v) is 9.89. The fourth-order valence-electron chi connectivity index (χ4n) is 3.58. The summed E-state index contributed by atoms with van der Waals surface area (Å²) >= 11 is 0. The van der Waals surface area contributed by atoms with E-state index in [4.69, 9.17) is 0 Å². The van der Waals surface area contributed by atoms with Gasteiger partial charge in [0.15, 0.2) is 0 Å². The van der Waals surface area contributed by atoms with Crippen molar-refractivity contribution in [2.45, 2.75) is 18.2 Å². The summed E-state index contributed by atoms with van der Waals surface area (Å²) in [4.78, 5) is 25.6. The van der Waals surface area contributed by atoms with E-state index in [1.807, 2.05) is 0 Å². The van der Waals surface area contributed by atoms with Crippen LogP contribution in [0.4, 0.5) is 15.8 Å². The SMILES string of the molecule is CC(=O)Nc1ccc(S(=O)(=O)N(C)CC(=O)NCC2CCN(c3ccc(F)cc3)C2)cc1. The van der Waals surface area contributed by atoms with Crippen molar-refractivity contribution in [2.75, 3.05) is 43.4 Å². The Bertz CT molecular complexity index is 1060. The molecule has 0 radical (unpaired) electrons. The van der Waals surface area contributed by atoms with Crippen LogP contribution >= 0.6 is 0 Å². The lowest BCUT2D eigenvalue weighted by Gasteiger charge is -2.20. The van der Waals surface area contributed by atoms with Crippen LogP contribution in [0.2, 0.25) is 0 Å². The Morgan fingerprint density at radius 3 is 2.41 bits per heavy atom. The Labute approximate surface area is 187 Å². The van der Waals surface area contributed by atoms with Gasteiger partial charge in [0, 0.05) is 45.0 Å². The van der Waals surface area contributed by atoms with Gasteiger partial charge in [-0.25, -0.2) is 12.8 Å². The minimum absolute atomic E-state index is 0.0348. The van der Waals surface area contributed by atoms with E-state index in [9.17, 15) is 22.4 Å². The lowest BCUT2D eigenvalue weighted by Crippen LogP contribution is -2.40. The van der Waals surface area contributed by atoms with E-state index in [0.717, 1.165) is 29.5 Å². The van der Waals surface area contributed by atoms with E-state index in [-0.39, 0.29) is 35.0 Å². The molecule has 8 nitrogen and oxygen atoms in total. The highest BCUT2D eigenvalue weighted by Crippen LogP contribution is 2.23. The van der Waals surface area contributed by atoms with Crippen molar-refractivity contribution in [3.05, 3.63) is 54.3 Å². The van der Waals surface area contributed by atoms with Gasteiger partial charge in [0.25, 0.3) is 0 Å². The molecule has 0 aliphatic carbocycles. The van der Waals surface area contributed by atoms with Crippen LogP contribution in [0.25, 0.3) is 0 Å². The van der Waals surface area contributed by atoms with Crippen molar-refractivity contribution in [1.82, 2.24) is 9.62 Å². The van der Waals surface area contributed by atoms with Crippen molar-refractivity contribution < 1.29 is 22.4 Å². The molecule has 1 aliphatic heterocycles. The molecule has 1 unspecified atom stereocenters. The van der Waals surface area contributed by atoms with Gasteiger partial charge < -0.3 is 15.5 Å². The first kappa shape index (κ1) is 23.7. The number of rotatable bonds is 8. The third-order valence-corrected chi connectivity index (χ3v) is 7.13. The monoisotopic (exact) mass is 462 g/mol. The summed E-state index contributed by atoms with van der Waals surface area (Å²) < 4.78 is 39.5. The second kappa shape index (κ2) is 10.1. The predicted octanol–water partition coefficient (Wildman–Crippen LogP) is 2.05. The van der Waals surface area contributed by atoms with E-state index in [1.54, 1.807) is 12.1 Å². The molecule has 0 bridgehead atoms. The minimum Gasteiger partial charge on any atom is -0.371 e. The summed E-state index contributed by atoms with van der Waals surface area (Å²) in [6.07, 6.45) is 0.881. The van der Waals surface area contributed by atoms with Gasteiger partial charge in [0.2, 0.25) is 21.8 Å². The van der Waals surface area contributed by atoms with Crippen LogP contribution in [0, 0.1) is 11.7 Å². The Kier molecular flexibility index (Phi) is 7.47. The molecule has 1 saturated heterocycles. The maximum atomic E-state index is 13.1. The summed E-state index contributed by atoms with van der Waals surface area (Å²) in [5.74, 6) is -0.685. The van der Waals surface area contributed by atoms with E-state index in [0.29, 0.717) is 12.2 Å². The van der Waals surface area contributed by atoms with Gasteiger partial charge in [-0.1, -0.05) is 0 Å². The first-order valence-corrected chi connectivity index (χ1v) is 11.7. The number of likely N-dealkylation sites (N-methyl/N-ethyl adjacent to an activating group) is 1. The van der Waals surface area contributed by atoms with Crippen molar-refractivity contribution in [3.8, 4) is 0 Å². The molecule has 1 aliphatic rings. The fourth-order valence-corrected chi connectivity index (χ4v) is 4.71. The van der Waals surface area contributed by atoms with Crippen LogP contribution in [0.1, 0.15) is 13.3 Å². The van der Waals surface area contributed by atoms with E-state index < -0.39 is 10.0 Å². The van der Waals surface area contributed by atoms with Gasteiger partial charge in [-0.05, 0) is 60.9 Å². The number of carbonyl (C=O) groups is 2. The number of anilines is 2. The lowest BCUT2D eigenvalue weighted by atomic mass is 10.1. The summed E-state index contributed by atoms with van der Waals surface area (Å²) in [6, 6.07) is 12.1. The Morgan fingerprint density at radius 2 is 1.78 bits per heavy atom. The number of nitrogens with one attached hydrogen (secondary N) is 2. The fraction of sp³-hybridized carbons (Fsp3) is 0.364. The average Bonchev–Trinajstić information content (AvgIpc) is 3.22. The van der Waals surface area contributed by atoms with Crippen LogP contribution in [0.3, 0.4) is 0 Å². The van der Waals surface area contributed by atoms with E-state index in [1.165, 1.54) is 50.4 Å². The van der Waals surface area contributed by atoms with Crippen molar-refractivity contribution >= 4 is 33.2 Å². The van der Waals surface area contributed by atoms with E-state index >= 15 is 0 Å². The Morgan fingerprint density at radius 1 is 1.12 bits per heavy atom. The second-order valence-electron chi connectivity index (χ2n) is 7.85. The molecule has 32 heavy (non-hydrogen) atoms. The highest BCUT2D eigenvalue weighted by Gasteiger charge is 2.25. The number of hydrogen-bond donors (Lipinski definition) is 2. The number of benzene rings is 2. The maximum absolute atomic E-state index is 13.1. The Balaban J connectivity index is 1.49. The third-order valence-electron chi connectivity index (χ3n) is 5.31. The molecule has 3 rings (SSSR count). The maximum Gasteiger partial charge on any atom is 0.243 e. The number of halogens is 1. The summed E-state index contributed by atoms with van der Waals surface area (Å²) in [7, 11) is -2.49. The zero-order chi connectivity index (χ0) is 23.3. The molecule has 2 amide bonds. The van der Waals surface area contributed by atoms with Crippen molar-refractivity contribution in [3.63, 3.8) is 0 Å². The van der Waals surface area contributed by atoms with Crippen molar-refractivity contribution in [1.29, 1.82) is 0 Å². The Hall–Kier alpha value is -2.98. The summed E-state index contributed by atoms with van der Waals surface area (Å²) in [6.45, 7) is 3.05. The van der Waals surface area contributed by atoms with Crippen molar-refractivity contribution in [2.24, 2.45) is 5.92 Å². The molecule has 172 valence electrons. The lowest BCUT2D eigenvalue weighted by molar-refractivity contribution is -0.121. The summed E-state index contributed by atoms with van der Waals surface area (Å²) in [5.41, 5.74) is 1.43. The number of nitrogens with zero attached hydrogens (tertiary/aromatic N) is 2. The van der Waals surface area contributed by atoms with Gasteiger partial charge in [-0.3, -0.25) is 9.59 Å². The number of sulfonamides is 1. The normalized spacial score (nSPS) is 16.2. The molecular formula is C22H27FN4O4S. The van der Waals surface area contributed by atoms with E-state index in [2.05, 4.69) is 15.5 Å². The van der Waals surface area contributed by atoms with Gasteiger partial charge in [0.05, 0.1) is 11.4 Å². The van der Waals surface area contributed by atoms with Gasteiger partial charge in [-0.2, -0.15) is 4.31 Å².